The van der Waals surface area contributed by atoms with E-state index in [0.29, 0.717) is 12.8 Å². The Morgan fingerprint density at radius 1 is 0.967 bits per heavy atom. The van der Waals surface area contributed by atoms with Crippen molar-refractivity contribution in [3.05, 3.63) is 59.7 Å². The van der Waals surface area contributed by atoms with Gasteiger partial charge in [0.1, 0.15) is 6.61 Å². The van der Waals surface area contributed by atoms with Gasteiger partial charge in [0.05, 0.1) is 12.0 Å². The molecule has 1 fully saturated rings. The van der Waals surface area contributed by atoms with Crippen LogP contribution in [0.4, 0.5) is 4.79 Å². The maximum Gasteiger partial charge on any atom is 0.407 e. The summed E-state index contributed by atoms with van der Waals surface area (Å²) in [6.45, 7) is -0.0104. The van der Waals surface area contributed by atoms with Crippen LogP contribution in [0, 0.1) is 5.41 Å². The number of rotatable bonds is 7. The summed E-state index contributed by atoms with van der Waals surface area (Å²) in [5, 5.41) is 14.3. The van der Waals surface area contributed by atoms with Crippen LogP contribution < -0.4 is 10.6 Å². The van der Waals surface area contributed by atoms with Crippen molar-refractivity contribution in [2.45, 2.75) is 25.2 Å². The van der Waals surface area contributed by atoms with E-state index in [1.165, 1.54) is 0 Å². The van der Waals surface area contributed by atoms with Crippen molar-refractivity contribution in [1.82, 2.24) is 10.6 Å². The van der Waals surface area contributed by atoms with Gasteiger partial charge in [-0.15, -0.1) is 0 Å². The van der Waals surface area contributed by atoms with Crippen molar-refractivity contribution in [2.24, 2.45) is 5.41 Å². The highest BCUT2D eigenvalue weighted by atomic mass is 16.5. The van der Waals surface area contributed by atoms with Crippen LogP contribution in [-0.2, 0) is 14.3 Å². The Kier molecular flexibility index (Phi) is 5.44. The Morgan fingerprint density at radius 3 is 2.10 bits per heavy atom. The maximum absolute atomic E-state index is 12.1. The Morgan fingerprint density at radius 2 is 1.57 bits per heavy atom. The fourth-order valence-corrected chi connectivity index (χ4v) is 4.20. The van der Waals surface area contributed by atoms with Gasteiger partial charge in [0.25, 0.3) is 0 Å². The number of nitrogens with one attached hydrogen (secondary N) is 2. The van der Waals surface area contributed by atoms with Gasteiger partial charge in [-0.3, -0.25) is 9.59 Å². The monoisotopic (exact) mass is 408 g/mol. The fraction of sp³-hybridized carbons (Fsp3) is 0.348. The first-order valence-electron chi connectivity index (χ1n) is 10.1. The third-order valence-corrected chi connectivity index (χ3v) is 6.13. The zero-order chi connectivity index (χ0) is 21.1. The first kappa shape index (κ1) is 19.9. The van der Waals surface area contributed by atoms with Crippen molar-refractivity contribution in [3.63, 3.8) is 0 Å². The molecule has 156 valence electrons. The van der Waals surface area contributed by atoms with Crippen LogP contribution in [-0.4, -0.2) is 42.8 Å². The molecule has 0 saturated heterocycles. The number of hydrogen-bond donors (Lipinski definition) is 3. The van der Waals surface area contributed by atoms with Gasteiger partial charge in [-0.25, -0.2) is 4.79 Å². The van der Waals surface area contributed by atoms with E-state index in [4.69, 9.17) is 4.74 Å². The van der Waals surface area contributed by atoms with Gasteiger partial charge in [0, 0.05) is 12.5 Å². The highest BCUT2D eigenvalue weighted by Crippen LogP contribution is 2.44. The number of carbonyl (C=O) groups is 3. The number of alkyl carbamates (subject to hydrolysis) is 1. The lowest BCUT2D eigenvalue weighted by atomic mass is 9.69. The second-order valence-corrected chi connectivity index (χ2v) is 7.89. The summed E-state index contributed by atoms with van der Waals surface area (Å²) in [4.78, 5) is 35.4. The topological polar surface area (TPSA) is 105 Å². The molecule has 0 heterocycles. The highest BCUT2D eigenvalue weighted by Gasteiger charge is 2.44. The molecular formula is C23H24N2O5. The van der Waals surface area contributed by atoms with E-state index < -0.39 is 23.4 Å². The minimum absolute atomic E-state index is 0.0500. The summed E-state index contributed by atoms with van der Waals surface area (Å²) in [5.74, 6) is -1.37. The quantitative estimate of drug-likeness (QED) is 0.653. The van der Waals surface area contributed by atoms with Crippen molar-refractivity contribution >= 4 is 18.0 Å². The molecular weight excluding hydrogens is 384 g/mol. The Labute approximate surface area is 174 Å². The minimum atomic E-state index is -0.890. The number of carboxylic acid groups (broad SMARTS) is 1. The molecule has 2 aliphatic carbocycles. The van der Waals surface area contributed by atoms with Crippen molar-refractivity contribution in [1.29, 1.82) is 0 Å². The Balaban J connectivity index is 1.27. The number of amides is 2. The molecule has 7 heteroatoms. The molecule has 0 unspecified atom stereocenters. The molecule has 30 heavy (non-hydrogen) atoms. The summed E-state index contributed by atoms with van der Waals surface area (Å²) in [5.41, 5.74) is 3.65. The molecule has 2 aromatic carbocycles. The molecule has 1 saturated carbocycles. The Hall–Kier alpha value is -3.35. The third kappa shape index (κ3) is 3.75. The zero-order valence-electron chi connectivity index (χ0n) is 16.5. The molecule has 0 aromatic heterocycles. The summed E-state index contributed by atoms with van der Waals surface area (Å²) in [6.07, 6.45) is 1.29. The van der Waals surface area contributed by atoms with E-state index >= 15 is 0 Å². The van der Waals surface area contributed by atoms with Crippen LogP contribution >= 0.6 is 0 Å². The van der Waals surface area contributed by atoms with Gasteiger partial charge in [-0.05, 0) is 35.1 Å². The molecule has 0 bridgehead atoms. The van der Waals surface area contributed by atoms with Crippen LogP contribution in [0.2, 0.25) is 0 Å². The van der Waals surface area contributed by atoms with E-state index in [1.54, 1.807) is 0 Å². The number of ether oxygens (including phenoxy) is 1. The average molecular weight is 408 g/mol. The molecule has 0 radical (unpaired) electrons. The van der Waals surface area contributed by atoms with E-state index in [1.807, 2.05) is 36.4 Å². The van der Waals surface area contributed by atoms with Gasteiger partial charge < -0.3 is 20.5 Å². The standard InChI is InChI=1S/C23H24N2O5/c26-20(25-14-23(21(27)28)10-5-11-23)12-24-22(29)30-13-19-17-8-3-1-6-15(17)16-7-2-4-9-18(16)19/h1-4,6-9,19H,5,10-14H2,(H,24,29)(H,25,26)(H,27,28). The number of carboxylic acids is 1. The third-order valence-electron chi connectivity index (χ3n) is 6.13. The van der Waals surface area contributed by atoms with Crippen LogP contribution in [0.5, 0.6) is 0 Å². The first-order chi connectivity index (χ1) is 14.5. The number of aliphatic carboxylic acids is 1. The number of carbonyl (C=O) groups excluding carboxylic acids is 2. The maximum atomic E-state index is 12.1. The molecule has 7 nitrogen and oxygen atoms in total. The predicted molar refractivity (Wildman–Crippen MR) is 110 cm³/mol. The van der Waals surface area contributed by atoms with Crippen LogP contribution in [0.15, 0.2) is 48.5 Å². The van der Waals surface area contributed by atoms with E-state index in [2.05, 4.69) is 22.8 Å². The lowest BCUT2D eigenvalue weighted by molar-refractivity contribution is -0.154. The highest BCUT2D eigenvalue weighted by molar-refractivity contribution is 5.83. The van der Waals surface area contributed by atoms with Gasteiger partial charge in [-0.1, -0.05) is 55.0 Å². The summed E-state index contributed by atoms with van der Waals surface area (Å²) < 4.78 is 5.38. The lowest BCUT2D eigenvalue weighted by Gasteiger charge is -2.37. The van der Waals surface area contributed by atoms with E-state index in [0.717, 1.165) is 28.7 Å². The Bertz CT molecular complexity index is 938. The number of hydrogen-bond acceptors (Lipinski definition) is 4. The van der Waals surface area contributed by atoms with Crippen LogP contribution in [0.1, 0.15) is 36.3 Å². The molecule has 0 aliphatic heterocycles. The second kappa shape index (κ2) is 8.18. The molecule has 2 aliphatic rings. The van der Waals surface area contributed by atoms with Crippen LogP contribution in [0.25, 0.3) is 11.1 Å². The first-order valence-corrected chi connectivity index (χ1v) is 10.1. The molecule has 2 aromatic rings. The molecule has 4 rings (SSSR count). The fourth-order valence-electron chi connectivity index (χ4n) is 4.20. The molecule has 0 atom stereocenters. The second-order valence-electron chi connectivity index (χ2n) is 7.89. The largest absolute Gasteiger partial charge is 0.481 e. The molecule has 3 N–H and O–H groups in total. The normalized spacial score (nSPS) is 16.0. The van der Waals surface area contributed by atoms with Gasteiger partial charge in [0.2, 0.25) is 5.91 Å². The van der Waals surface area contributed by atoms with Gasteiger partial charge in [-0.2, -0.15) is 0 Å². The van der Waals surface area contributed by atoms with Crippen LogP contribution in [0.3, 0.4) is 0 Å². The number of fused-ring (bicyclic) bond motifs is 3. The average Bonchev–Trinajstić information content (AvgIpc) is 3.03. The summed E-state index contributed by atoms with van der Waals surface area (Å²) >= 11 is 0. The van der Waals surface area contributed by atoms with E-state index in [9.17, 15) is 19.5 Å². The van der Waals surface area contributed by atoms with Crippen molar-refractivity contribution in [3.8, 4) is 11.1 Å². The molecule has 2 amide bonds. The SMILES string of the molecule is O=C(CNC(=O)OCC1c2ccccc2-c2ccccc21)NCC1(C(=O)O)CCC1. The van der Waals surface area contributed by atoms with Gasteiger partial charge in [0.15, 0.2) is 0 Å². The minimum Gasteiger partial charge on any atom is -0.481 e. The van der Waals surface area contributed by atoms with Gasteiger partial charge >= 0.3 is 12.1 Å². The smallest absolute Gasteiger partial charge is 0.407 e. The number of benzene rings is 2. The predicted octanol–water partition coefficient (Wildman–Crippen LogP) is 2.90. The zero-order valence-corrected chi connectivity index (χ0v) is 16.5. The summed E-state index contributed by atoms with van der Waals surface area (Å²) in [6, 6.07) is 16.1. The van der Waals surface area contributed by atoms with E-state index in [-0.39, 0.29) is 25.6 Å². The lowest BCUT2D eigenvalue weighted by Crippen LogP contribution is -2.49. The van der Waals surface area contributed by atoms with Crippen molar-refractivity contribution < 1.29 is 24.2 Å². The van der Waals surface area contributed by atoms with Crippen molar-refractivity contribution in [2.75, 3.05) is 19.7 Å². The molecule has 0 spiro atoms. The summed E-state index contributed by atoms with van der Waals surface area (Å²) in [7, 11) is 0.